The Morgan fingerprint density at radius 2 is 1.87 bits per heavy atom. The molecule has 1 saturated heterocycles. The number of H-pyrrole nitrogens is 1. The zero-order valence-corrected chi connectivity index (χ0v) is 17.1. The van der Waals surface area contributed by atoms with Crippen LogP contribution in [0.15, 0.2) is 53.1 Å². The molecule has 158 valence electrons. The molecule has 2 aromatic heterocycles. The minimum atomic E-state index is -0.314. The molecule has 1 N–H and O–H groups in total. The number of carbonyl (C=O) groups excluding carboxylic acids is 1. The summed E-state index contributed by atoms with van der Waals surface area (Å²) in [5.41, 5.74) is 3.34. The lowest BCUT2D eigenvalue weighted by Crippen LogP contribution is -2.48. The van der Waals surface area contributed by atoms with Gasteiger partial charge in [-0.3, -0.25) is 9.69 Å². The molecule has 0 aliphatic carbocycles. The zero-order chi connectivity index (χ0) is 21.4. The number of halogens is 1. The van der Waals surface area contributed by atoms with E-state index in [1.165, 1.54) is 17.7 Å². The fourth-order valence-electron chi connectivity index (χ4n) is 3.83. The van der Waals surface area contributed by atoms with E-state index in [1.807, 2.05) is 36.1 Å². The first-order valence-electron chi connectivity index (χ1n) is 10.2. The average Bonchev–Trinajstić information content (AvgIpc) is 3.41. The standard InChI is InChI=1S/C23H22FN5O2/c1-15-2-4-16(5-3-15)22-26-21(31-27-22)14-28-8-10-29(11-9-28)23(30)20-13-17-12-18(24)6-7-19(17)25-20/h2-7,12-13,25H,8-11,14H2,1H3. The van der Waals surface area contributed by atoms with E-state index in [1.54, 1.807) is 12.1 Å². The van der Waals surface area contributed by atoms with E-state index in [0.29, 0.717) is 55.5 Å². The smallest absolute Gasteiger partial charge is 0.270 e. The van der Waals surface area contributed by atoms with Crippen LogP contribution in [0.25, 0.3) is 22.3 Å². The number of aromatic nitrogens is 3. The lowest BCUT2D eigenvalue weighted by Gasteiger charge is -2.33. The number of aromatic amines is 1. The maximum absolute atomic E-state index is 13.4. The van der Waals surface area contributed by atoms with Crippen molar-refractivity contribution in [3.63, 3.8) is 0 Å². The predicted molar refractivity (Wildman–Crippen MR) is 114 cm³/mol. The van der Waals surface area contributed by atoms with Gasteiger partial charge in [0.1, 0.15) is 11.5 Å². The molecule has 1 amide bonds. The van der Waals surface area contributed by atoms with Gasteiger partial charge in [-0.05, 0) is 31.2 Å². The molecular weight excluding hydrogens is 397 g/mol. The molecule has 1 aliphatic rings. The molecule has 31 heavy (non-hydrogen) atoms. The first-order chi connectivity index (χ1) is 15.0. The first-order valence-corrected chi connectivity index (χ1v) is 10.2. The summed E-state index contributed by atoms with van der Waals surface area (Å²) in [5.74, 6) is 0.758. The van der Waals surface area contributed by atoms with E-state index in [2.05, 4.69) is 20.0 Å². The number of fused-ring (bicyclic) bond motifs is 1. The molecule has 7 nitrogen and oxygen atoms in total. The van der Waals surface area contributed by atoms with Crippen molar-refractivity contribution < 1.29 is 13.7 Å². The Morgan fingerprint density at radius 1 is 1.10 bits per heavy atom. The Bertz CT molecular complexity index is 1220. The molecular formula is C23H22FN5O2. The molecule has 0 radical (unpaired) electrons. The van der Waals surface area contributed by atoms with Crippen LogP contribution < -0.4 is 0 Å². The number of piperazine rings is 1. The highest BCUT2D eigenvalue weighted by molar-refractivity contribution is 5.98. The summed E-state index contributed by atoms with van der Waals surface area (Å²) < 4.78 is 18.8. The number of hydrogen-bond donors (Lipinski definition) is 1. The fraction of sp³-hybridized carbons (Fsp3) is 0.261. The van der Waals surface area contributed by atoms with Crippen LogP contribution in [-0.2, 0) is 6.54 Å². The van der Waals surface area contributed by atoms with Crippen molar-refractivity contribution in [3.05, 3.63) is 71.5 Å². The first kappa shape index (κ1) is 19.4. The summed E-state index contributed by atoms with van der Waals surface area (Å²) in [4.78, 5) is 24.4. The highest BCUT2D eigenvalue weighted by atomic mass is 19.1. The normalized spacial score (nSPS) is 15.0. The third kappa shape index (κ3) is 4.06. The summed E-state index contributed by atoms with van der Waals surface area (Å²) in [7, 11) is 0. The van der Waals surface area contributed by atoms with Gasteiger partial charge in [0.05, 0.1) is 6.54 Å². The Kier molecular flexibility index (Phi) is 4.99. The average molecular weight is 419 g/mol. The molecule has 0 saturated carbocycles. The maximum atomic E-state index is 13.4. The molecule has 0 bridgehead atoms. The van der Waals surface area contributed by atoms with Crippen molar-refractivity contribution in [1.29, 1.82) is 0 Å². The zero-order valence-electron chi connectivity index (χ0n) is 17.1. The minimum Gasteiger partial charge on any atom is -0.351 e. The van der Waals surface area contributed by atoms with Crippen molar-refractivity contribution in [2.75, 3.05) is 26.2 Å². The molecule has 0 atom stereocenters. The third-order valence-electron chi connectivity index (χ3n) is 5.61. The van der Waals surface area contributed by atoms with Gasteiger partial charge in [-0.2, -0.15) is 4.98 Å². The Balaban J connectivity index is 1.19. The number of nitrogens with zero attached hydrogens (tertiary/aromatic N) is 4. The summed E-state index contributed by atoms with van der Waals surface area (Å²) in [5, 5.41) is 4.78. The van der Waals surface area contributed by atoms with Crippen molar-refractivity contribution in [2.24, 2.45) is 0 Å². The van der Waals surface area contributed by atoms with Gasteiger partial charge in [-0.1, -0.05) is 35.0 Å². The van der Waals surface area contributed by atoms with Crippen LogP contribution in [0.2, 0.25) is 0 Å². The van der Waals surface area contributed by atoms with Crippen molar-refractivity contribution >= 4 is 16.8 Å². The summed E-state index contributed by atoms with van der Waals surface area (Å²) in [6.45, 7) is 5.20. The molecule has 1 fully saturated rings. The molecule has 0 spiro atoms. The molecule has 8 heteroatoms. The van der Waals surface area contributed by atoms with Crippen LogP contribution in [-0.4, -0.2) is 57.0 Å². The van der Waals surface area contributed by atoms with Crippen LogP contribution in [0.1, 0.15) is 21.9 Å². The largest absolute Gasteiger partial charge is 0.351 e. The Morgan fingerprint density at radius 3 is 2.65 bits per heavy atom. The van der Waals surface area contributed by atoms with Crippen LogP contribution in [0, 0.1) is 12.7 Å². The lowest BCUT2D eigenvalue weighted by atomic mass is 10.1. The minimum absolute atomic E-state index is 0.0734. The van der Waals surface area contributed by atoms with E-state index >= 15 is 0 Å². The van der Waals surface area contributed by atoms with Crippen LogP contribution in [0.5, 0.6) is 0 Å². The molecule has 0 unspecified atom stereocenters. The number of hydrogen-bond acceptors (Lipinski definition) is 5. The highest BCUT2D eigenvalue weighted by Gasteiger charge is 2.24. The molecule has 3 heterocycles. The fourth-order valence-corrected chi connectivity index (χ4v) is 3.83. The number of nitrogens with one attached hydrogen (secondary N) is 1. The molecule has 1 aliphatic heterocycles. The van der Waals surface area contributed by atoms with Gasteiger partial charge in [0.2, 0.25) is 11.7 Å². The van der Waals surface area contributed by atoms with Crippen LogP contribution in [0.4, 0.5) is 4.39 Å². The van der Waals surface area contributed by atoms with Crippen molar-refractivity contribution in [2.45, 2.75) is 13.5 Å². The van der Waals surface area contributed by atoms with Crippen molar-refractivity contribution in [1.82, 2.24) is 24.9 Å². The van der Waals surface area contributed by atoms with Gasteiger partial charge in [0.15, 0.2) is 0 Å². The second-order valence-electron chi connectivity index (χ2n) is 7.86. The number of rotatable bonds is 4. The SMILES string of the molecule is Cc1ccc(-c2noc(CN3CCN(C(=O)c4cc5cc(F)ccc5[nH]4)CC3)n2)cc1. The van der Waals surface area contributed by atoms with Gasteiger partial charge in [-0.25, -0.2) is 4.39 Å². The van der Waals surface area contributed by atoms with Gasteiger partial charge >= 0.3 is 0 Å². The lowest BCUT2D eigenvalue weighted by molar-refractivity contribution is 0.0610. The van der Waals surface area contributed by atoms with Gasteiger partial charge in [-0.15, -0.1) is 0 Å². The van der Waals surface area contributed by atoms with E-state index in [9.17, 15) is 9.18 Å². The maximum Gasteiger partial charge on any atom is 0.270 e. The van der Waals surface area contributed by atoms with E-state index in [4.69, 9.17) is 4.52 Å². The Labute approximate surface area is 178 Å². The van der Waals surface area contributed by atoms with Crippen LogP contribution in [0.3, 0.4) is 0 Å². The van der Waals surface area contributed by atoms with E-state index < -0.39 is 0 Å². The van der Waals surface area contributed by atoms with Gasteiger partial charge < -0.3 is 14.4 Å². The topological polar surface area (TPSA) is 78.3 Å². The number of benzene rings is 2. The predicted octanol–water partition coefficient (Wildman–Crippen LogP) is 3.62. The number of carbonyl (C=O) groups is 1. The quantitative estimate of drug-likeness (QED) is 0.547. The summed E-state index contributed by atoms with van der Waals surface area (Å²) in [6, 6.07) is 14.2. The summed E-state index contributed by atoms with van der Waals surface area (Å²) >= 11 is 0. The van der Waals surface area contributed by atoms with Crippen molar-refractivity contribution in [3.8, 4) is 11.4 Å². The second kappa shape index (κ2) is 7.96. The monoisotopic (exact) mass is 419 g/mol. The van der Waals surface area contributed by atoms with Gasteiger partial charge in [0, 0.05) is 42.6 Å². The molecule has 2 aromatic carbocycles. The number of amides is 1. The van der Waals surface area contributed by atoms with E-state index in [0.717, 1.165) is 11.1 Å². The highest BCUT2D eigenvalue weighted by Crippen LogP contribution is 2.20. The van der Waals surface area contributed by atoms with Crippen LogP contribution >= 0.6 is 0 Å². The second-order valence-corrected chi connectivity index (χ2v) is 7.86. The molecule has 5 rings (SSSR count). The third-order valence-corrected chi connectivity index (χ3v) is 5.61. The van der Waals surface area contributed by atoms with E-state index in [-0.39, 0.29) is 11.7 Å². The Hall–Kier alpha value is -3.52. The molecule has 4 aromatic rings. The van der Waals surface area contributed by atoms with Gasteiger partial charge in [0.25, 0.3) is 5.91 Å². The number of aryl methyl sites for hydroxylation is 1. The summed E-state index contributed by atoms with van der Waals surface area (Å²) in [6.07, 6.45) is 0.